The van der Waals surface area contributed by atoms with Crippen molar-refractivity contribution in [1.82, 2.24) is 15.0 Å². The molecule has 0 spiro atoms. The van der Waals surface area contributed by atoms with Gasteiger partial charge >= 0.3 is 6.18 Å². The molecule has 0 unspecified atom stereocenters. The van der Waals surface area contributed by atoms with Crippen LogP contribution in [-0.4, -0.2) is 20.9 Å². The summed E-state index contributed by atoms with van der Waals surface area (Å²) in [5, 5.41) is 2.87. The van der Waals surface area contributed by atoms with Crippen LogP contribution in [-0.2, 0) is 11.0 Å². The van der Waals surface area contributed by atoms with Crippen LogP contribution in [0.25, 0.3) is 16.8 Å². The Balaban J connectivity index is 2.00. The average Bonchev–Trinajstić information content (AvgIpc) is 2.68. The Kier molecular flexibility index (Phi) is 5.08. The summed E-state index contributed by atoms with van der Waals surface area (Å²) in [6.45, 7) is 3.63. The molecule has 0 saturated heterocycles. The van der Waals surface area contributed by atoms with Crippen LogP contribution in [0.3, 0.4) is 0 Å². The first-order valence-electron chi connectivity index (χ1n) is 7.96. The average molecular weight is 385 g/mol. The fraction of sp³-hybridized carbons (Fsp3) is 0.0526. The van der Waals surface area contributed by atoms with Gasteiger partial charge in [0.1, 0.15) is 11.6 Å². The van der Waals surface area contributed by atoms with Crippen molar-refractivity contribution < 1.29 is 18.0 Å². The topological polar surface area (TPSA) is 93.8 Å². The molecule has 0 aliphatic carbocycles. The van der Waals surface area contributed by atoms with E-state index in [0.717, 1.165) is 12.3 Å². The quantitative estimate of drug-likeness (QED) is 0.652. The SMILES string of the molecule is C=C(C(N)=O)c1cnc(Nc2ccc(C(F)(F)F)cn2)c(-c2ccccn2)c1. The Hall–Kier alpha value is -3.75. The standard InChI is InChI=1S/C19H14F3N5O/c1-11(17(23)28)12-8-14(15-4-2-3-7-24-15)18(26-9-12)27-16-6-5-13(10-25-16)19(20,21)22/h2-10H,1H2,(H2,23,28)(H,25,26,27). The van der Waals surface area contributed by atoms with Crippen LogP contribution in [0.2, 0.25) is 0 Å². The zero-order valence-electron chi connectivity index (χ0n) is 14.4. The van der Waals surface area contributed by atoms with Gasteiger partial charge in [-0.15, -0.1) is 0 Å². The van der Waals surface area contributed by atoms with Crippen molar-refractivity contribution in [1.29, 1.82) is 0 Å². The van der Waals surface area contributed by atoms with E-state index in [9.17, 15) is 18.0 Å². The number of amides is 1. The Morgan fingerprint density at radius 3 is 2.43 bits per heavy atom. The van der Waals surface area contributed by atoms with Crippen molar-refractivity contribution in [2.75, 3.05) is 5.32 Å². The first kappa shape index (κ1) is 19.0. The van der Waals surface area contributed by atoms with E-state index in [1.165, 1.54) is 12.3 Å². The number of pyridine rings is 3. The lowest BCUT2D eigenvalue weighted by Crippen LogP contribution is -2.12. The van der Waals surface area contributed by atoms with E-state index in [4.69, 9.17) is 5.73 Å². The van der Waals surface area contributed by atoms with E-state index in [-0.39, 0.29) is 11.4 Å². The highest BCUT2D eigenvalue weighted by molar-refractivity contribution is 6.18. The Labute approximate surface area is 158 Å². The third-order valence-corrected chi connectivity index (χ3v) is 3.81. The van der Waals surface area contributed by atoms with Crippen molar-refractivity contribution >= 4 is 23.1 Å². The third kappa shape index (κ3) is 4.14. The second-order valence-electron chi connectivity index (χ2n) is 5.73. The highest BCUT2D eigenvalue weighted by Crippen LogP contribution is 2.31. The molecule has 0 aliphatic heterocycles. The summed E-state index contributed by atoms with van der Waals surface area (Å²) >= 11 is 0. The van der Waals surface area contributed by atoms with Crippen LogP contribution in [0.15, 0.2) is 61.6 Å². The summed E-state index contributed by atoms with van der Waals surface area (Å²) in [7, 11) is 0. The van der Waals surface area contributed by atoms with Crippen LogP contribution in [0.4, 0.5) is 24.8 Å². The lowest BCUT2D eigenvalue weighted by atomic mass is 10.0. The summed E-state index contributed by atoms with van der Waals surface area (Å²) < 4.78 is 38.1. The van der Waals surface area contributed by atoms with Gasteiger partial charge in [-0.3, -0.25) is 9.78 Å². The van der Waals surface area contributed by atoms with Gasteiger partial charge in [-0.2, -0.15) is 13.2 Å². The minimum Gasteiger partial charge on any atom is -0.366 e. The van der Waals surface area contributed by atoms with Gasteiger partial charge in [0.2, 0.25) is 5.91 Å². The number of nitrogens with one attached hydrogen (secondary N) is 1. The van der Waals surface area contributed by atoms with Gasteiger partial charge in [0.15, 0.2) is 0 Å². The smallest absolute Gasteiger partial charge is 0.366 e. The molecule has 0 radical (unpaired) electrons. The van der Waals surface area contributed by atoms with E-state index in [2.05, 4.69) is 26.8 Å². The van der Waals surface area contributed by atoms with Gasteiger partial charge in [-0.25, -0.2) is 9.97 Å². The van der Waals surface area contributed by atoms with Crippen molar-refractivity contribution in [3.8, 4) is 11.3 Å². The first-order valence-corrected chi connectivity index (χ1v) is 7.96. The molecule has 3 heterocycles. The van der Waals surface area contributed by atoms with Gasteiger partial charge in [-0.1, -0.05) is 12.6 Å². The number of anilines is 2. The molecule has 0 aromatic carbocycles. The summed E-state index contributed by atoms with van der Waals surface area (Å²) in [6.07, 6.45) is -0.789. The molecule has 3 aromatic heterocycles. The van der Waals surface area contributed by atoms with Crippen LogP contribution >= 0.6 is 0 Å². The van der Waals surface area contributed by atoms with Gasteiger partial charge in [0.05, 0.1) is 11.3 Å². The monoisotopic (exact) mass is 385 g/mol. The van der Waals surface area contributed by atoms with E-state index >= 15 is 0 Å². The number of nitrogens with zero attached hydrogens (tertiary/aromatic N) is 3. The van der Waals surface area contributed by atoms with Crippen LogP contribution in [0.1, 0.15) is 11.1 Å². The summed E-state index contributed by atoms with van der Waals surface area (Å²) in [6, 6.07) is 8.95. The van der Waals surface area contributed by atoms with E-state index in [0.29, 0.717) is 22.6 Å². The Morgan fingerprint density at radius 2 is 1.86 bits per heavy atom. The number of hydrogen-bond acceptors (Lipinski definition) is 5. The zero-order valence-corrected chi connectivity index (χ0v) is 14.4. The molecule has 0 bridgehead atoms. The largest absolute Gasteiger partial charge is 0.417 e. The number of carbonyl (C=O) groups excluding carboxylic acids is 1. The summed E-state index contributed by atoms with van der Waals surface area (Å²) in [5.74, 6) is -0.231. The molecule has 1 amide bonds. The van der Waals surface area contributed by atoms with Crippen molar-refractivity contribution in [2.24, 2.45) is 5.73 Å². The minimum absolute atomic E-state index is 0.0730. The molecule has 0 aliphatic rings. The number of aromatic nitrogens is 3. The molecule has 9 heteroatoms. The highest BCUT2D eigenvalue weighted by atomic mass is 19.4. The normalized spacial score (nSPS) is 11.1. The molecular weight excluding hydrogens is 371 g/mol. The minimum atomic E-state index is -4.47. The summed E-state index contributed by atoms with van der Waals surface area (Å²) in [4.78, 5) is 23.7. The number of primary amides is 1. The Morgan fingerprint density at radius 1 is 1.07 bits per heavy atom. The van der Waals surface area contributed by atoms with Crippen molar-refractivity contribution in [3.05, 3.63) is 72.7 Å². The predicted octanol–water partition coefficient (Wildman–Crippen LogP) is 3.80. The molecule has 0 fully saturated rings. The van der Waals surface area contributed by atoms with E-state index in [1.807, 2.05) is 0 Å². The number of nitrogens with two attached hydrogens (primary N) is 1. The maximum Gasteiger partial charge on any atom is 0.417 e. The zero-order chi connectivity index (χ0) is 20.3. The molecule has 0 saturated carbocycles. The molecule has 3 rings (SSSR count). The number of halogens is 3. The van der Waals surface area contributed by atoms with Gasteiger partial charge in [0, 0.05) is 35.3 Å². The van der Waals surface area contributed by atoms with Gasteiger partial charge in [-0.05, 0) is 30.3 Å². The third-order valence-electron chi connectivity index (χ3n) is 3.81. The second kappa shape index (κ2) is 7.47. The van der Waals surface area contributed by atoms with Crippen molar-refractivity contribution in [3.63, 3.8) is 0 Å². The predicted molar refractivity (Wildman–Crippen MR) is 98.2 cm³/mol. The molecule has 28 heavy (non-hydrogen) atoms. The van der Waals surface area contributed by atoms with E-state index in [1.54, 1.807) is 30.5 Å². The number of rotatable bonds is 5. The van der Waals surface area contributed by atoms with Crippen LogP contribution < -0.4 is 11.1 Å². The Bertz CT molecular complexity index is 1020. The fourth-order valence-corrected chi connectivity index (χ4v) is 2.35. The van der Waals surface area contributed by atoms with Gasteiger partial charge < -0.3 is 11.1 Å². The lowest BCUT2D eigenvalue weighted by molar-refractivity contribution is -0.137. The van der Waals surface area contributed by atoms with Crippen LogP contribution in [0.5, 0.6) is 0 Å². The number of alkyl halides is 3. The number of carbonyl (C=O) groups is 1. The van der Waals surface area contributed by atoms with E-state index < -0.39 is 17.6 Å². The molecule has 3 N–H and O–H groups in total. The fourth-order valence-electron chi connectivity index (χ4n) is 2.35. The van der Waals surface area contributed by atoms with Crippen molar-refractivity contribution in [2.45, 2.75) is 6.18 Å². The second-order valence-corrected chi connectivity index (χ2v) is 5.73. The molecule has 142 valence electrons. The molecular formula is C19H14F3N5O. The highest BCUT2D eigenvalue weighted by Gasteiger charge is 2.30. The molecule has 3 aromatic rings. The number of hydrogen-bond donors (Lipinski definition) is 2. The van der Waals surface area contributed by atoms with Gasteiger partial charge in [0.25, 0.3) is 0 Å². The lowest BCUT2D eigenvalue weighted by Gasteiger charge is -2.13. The molecule has 0 atom stereocenters. The maximum atomic E-state index is 12.7. The van der Waals surface area contributed by atoms with Crippen LogP contribution in [0, 0.1) is 0 Å². The summed E-state index contributed by atoms with van der Waals surface area (Å²) in [5.41, 5.74) is 5.92. The maximum absolute atomic E-state index is 12.7. The first-order chi connectivity index (χ1) is 13.3. The molecule has 6 nitrogen and oxygen atoms in total.